The molecule has 0 aromatic heterocycles. The fourth-order valence-electron chi connectivity index (χ4n) is 2.80. The van der Waals surface area contributed by atoms with Gasteiger partial charge in [-0.3, -0.25) is 9.69 Å². The quantitative estimate of drug-likeness (QED) is 0.683. The minimum absolute atomic E-state index is 0.00633. The molecule has 2 aromatic rings. The molecule has 0 spiro atoms. The molecule has 0 saturated carbocycles. The molecule has 0 fully saturated rings. The lowest BCUT2D eigenvalue weighted by Crippen LogP contribution is -2.44. The average molecular weight is 400 g/mol. The predicted molar refractivity (Wildman–Crippen MR) is 109 cm³/mol. The SMILES string of the molecule is COCOc1ccccc1C(C(N)=O)N(Cc1ccccc1)C(=O)OC(C)(C)C. The molecule has 0 saturated heterocycles. The zero-order chi connectivity index (χ0) is 21.4. The van der Waals surface area contributed by atoms with Crippen LogP contribution in [0.4, 0.5) is 4.79 Å². The number of amides is 2. The van der Waals surface area contributed by atoms with E-state index < -0.39 is 23.6 Å². The van der Waals surface area contributed by atoms with Gasteiger partial charge in [-0.2, -0.15) is 0 Å². The van der Waals surface area contributed by atoms with Gasteiger partial charge in [0.25, 0.3) is 0 Å². The van der Waals surface area contributed by atoms with Gasteiger partial charge in [0.15, 0.2) is 6.79 Å². The Labute approximate surface area is 171 Å². The van der Waals surface area contributed by atoms with E-state index in [1.165, 1.54) is 12.0 Å². The molecule has 0 aliphatic rings. The molecular formula is C22H28N2O5. The number of para-hydroxylation sites is 1. The summed E-state index contributed by atoms with van der Waals surface area (Å²) in [6.07, 6.45) is -0.647. The van der Waals surface area contributed by atoms with E-state index >= 15 is 0 Å². The monoisotopic (exact) mass is 400 g/mol. The molecule has 0 aliphatic carbocycles. The van der Waals surface area contributed by atoms with Crippen molar-refractivity contribution in [2.45, 2.75) is 39.0 Å². The van der Waals surface area contributed by atoms with Crippen molar-refractivity contribution in [1.29, 1.82) is 0 Å². The molecule has 2 amide bonds. The largest absolute Gasteiger partial charge is 0.467 e. The fraction of sp³-hybridized carbons (Fsp3) is 0.364. The van der Waals surface area contributed by atoms with Crippen molar-refractivity contribution in [3.05, 3.63) is 65.7 Å². The first-order valence-electron chi connectivity index (χ1n) is 9.26. The van der Waals surface area contributed by atoms with Gasteiger partial charge >= 0.3 is 6.09 Å². The van der Waals surface area contributed by atoms with Crippen molar-refractivity contribution in [3.63, 3.8) is 0 Å². The summed E-state index contributed by atoms with van der Waals surface area (Å²) < 4.78 is 16.1. The molecule has 2 N–H and O–H groups in total. The number of nitrogens with zero attached hydrogens (tertiary/aromatic N) is 1. The predicted octanol–water partition coefficient (Wildman–Crippen LogP) is 3.63. The topological polar surface area (TPSA) is 91.1 Å². The highest BCUT2D eigenvalue weighted by molar-refractivity contribution is 5.86. The van der Waals surface area contributed by atoms with Crippen LogP contribution in [-0.2, 0) is 20.8 Å². The van der Waals surface area contributed by atoms with Gasteiger partial charge in [0.05, 0.1) is 6.54 Å². The Morgan fingerprint density at radius 2 is 1.66 bits per heavy atom. The third-order valence-corrected chi connectivity index (χ3v) is 3.95. The number of ether oxygens (including phenoxy) is 3. The van der Waals surface area contributed by atoms with Crippen LogP contribution in [0.2, 0.25) is 0 Å². The third-order valence-electron chi connectivity index (χ3n) is 3.95. The highest BCUT2D eigenvalue weighted by atomic mass is 16.7. The maximum Gasteiger partial charge on any atom is 0.411 e. The molecule has 0 aliphatic heterocycles. The summed E-state index contributed by atoms with van der Waals surface area (Å²) in [4.78, 5) is 26.9. The van der Waals surface area contributed by atoms with Gasteiger partial charge in [0.2, 0.25) is 5.91 Å². The summed E-state index contributed by atoms with van der Waals surface area (Å²) >= 11 is 0. The van der Waals surface area contributed by atoms with Crippen LogP contribution in [0.3, 0.4) is 0 Å². The number of primary amides is 1. The summed E-state index contributed by atoms with van der Waals surface area (Å²) in [6, 6.07) is 15.1. The van der Waals surface area contributed by atoms with Crippen molar-refractivity contribution in [2.24, 2.45) is 5.73 Å². The molecule has 1 atom stereocenters. The highest BCUT2D eigenvalue weighted by Gasteiger charge is 2.35. The zero-order valence-electron chi connectivity index (χ0n) is 17.3. The molecule has 7 nitrogen and oxygen atoms in total. The molecule has 29 heavy (non-hydrogen) atoms. The van der Waals surface area contributed by atoms with Gasteiger partial charge in [-0.25, -0.2) is 4.79 Å². The molecule has 0 radical (unpaired) electrons. The molecule has 2 aromatic carbocycles. The number of nitrogens with two attached hydrogens (primary N) is 1. The van der Waals surface area contributed by atoms with Gasteiger partial charge in [-0.05, 0) is 32.4 Å². The lowest BCUT2D eigenvalue weighted by atomic mass is 10.0. The van der Waals surface area contributed by atoms with Crippen molar-refractivity contribution in [2.75, 3.05) is 13.9 Å². The van der Waals surface area contributed by atoms with E-state index in [0.29, 0.717) is 11.3 Å². The summed E-state index contributed by atoms with van der Waals surface area (Å²) in [6.45, 7) is 5.43. The van der Waals surface area contributed by atoms with Gasteiger partial charge in [0.1, 0.15) is 17.4 Å². The number of hydrogen-bond acceptors (Lipinski definition) is 5. The Kier molecular flexibility index (Phi) is 7.61. The van der Waals surface area contributed by atoms with E-state index in [0.717, 1.165) is 5.56 Å². The average Bonchev–Trinajstić information content (AvgIpc) is 2.66. The maximum absolute atomic E-state index is 13.0. The van der Waals surface area contributed by atoms with Gasteiger partial charge in [0, 0.05) is 12.7 Å². The molecule has 156 valence electrons. The summed E-state index contributed by atoms with van der Waals surface area (Å²) in [7, 11) is 1.50. The molecule has 0 bridgehead atoms. The lowest BCUT2D eigenvalue weighted by Gasteiger charge is -2.33. The second kappa shape index (κ2) is 9.93. The summed E-state index contributed by atoms with van der Waals surface area (Å²) in [5, 5.41) is 0. The Morgan fingerprint density at radius 3 is 2.24 bits per heavy atom. The Morgan fingerprint density at radius 1 is 1.03 bits per heavy atom. The van der Waals surface area contributed by atoms with Crippen LogP contribution < -0.4 is 10.5 Å². The minimum atomic E-state index is -1.09. The van der Waals surface area contributed by atoms with Crippen molar-refractivity contribution in [1.82, 2.24) is 4.90 Å². The van der Waals surface area contributed by atoms with Crippen molar-refractivity contribution < 1.29 is 23.8 Å². The Hall–Kier alpha value is -3.06. The van der Waals surface area contributed by atoms with Gasteiger partial charge in [-0.15, -0.1) is 0 Å². The lowest BCUT2D eigenvalue weighted by molar-refractivity contribution is -0.123. The Balaban J connectivity index is 2.49. The number of benzene rings is 2. The van der Waals surface area contributed by atoms with E-state index in [1.54, 1.807) is 45.0 Å². The second-order valence-corrected chi connectivity index (χ2v) is 7.49. The van der Waals surface area contributed by atoms with Crippen molar-refractivity contribution in [3.8, 4) is 5.75 Å². The standard InChI is InChI=1S/C22H28N2O5/c1-22(2,3)29-21(26)24(14-16-10-6-5-7-11-16)19(20(23)25)17-12-8-9-13-18(17)28-15-27-4/h5-13,19H,14-15H2,1-4H3,(H2,23,25). The van der Waals surface area contributed by atoms with Crippen LogP contribution in [0.5, 0.6) is 5.75 Å². The first-order chi connectivity index (χ1) is 13.7. The second-order valence-electron chi connectivity index (χ2n) is 7.49. The van der Waals surface area contributed by atoms with Crippen LogP contribution >= 0.6 is 0 Å². The fourth-order valence-corrected chi connectivity index (χ4v) is 2.80. The number of hydrogen-bond donors (Lipinski definition) is 1. The number of methoxy groups -OCH3 is 1. The van der Waals surface area contributed by atoms with E-state index in [2.05, 4.69) is 0 Å². The Bertz CT molecular complexity index is 817. The summed E-state index contributed by atoms with van der Waals surface area (Å²) in [5.41, 5.74) is 6.30. The van der Waals surface area contributed by atoms with E-state index in [9.17, 15) is 9.59 Å². The third kappa shape index (κ3) is 6.50. The first kappa shape index (κ1) is 22.2. The number of carbonyl (C=O) groups excluding carboxylic acids is 2. The zero-order valence-corrected chi connectivity index (χ0v) is 17.3. The van der Waals surface area contributed by atoms with Gasteiger partial charge < -0.3 is 19.9 Å². The normalized spacial score (nSPS) is 12.1. The smallest absolute Gasteiger partial charge is 0.411 e. The number of rotatable bonds is 8. The molecule has 1 unspecified atom stereocenters. The minimum Gasteiger partial charge on any atom is -0.467 e. The maximum atomic E-state index is 13.0. The van der Waals surface area contributed by atoms with Crippen LogP contribution in [0.1, 0.15) is 37.9 Å². The highest BCUT2D eigenvalue weighted by Crippen LogP contribution is 2.32. The van der Waals surface area contributed by atoms with Crippen LogP contribution in [0.15, 0.2) is 54.6 Å². The molecule has 2 rings (SSSR count). The first-order valence-corrected chi connectivity index (χ1v) is 9.26. The van der Waals surface area contributed by atoms with E-state index in [-0.39, 0.29) is 13.3 Å². The molecular weight excluding hydrogens is 372 g/mol. The summed E-state index contributed by atoms with van der Waals surface area (Å²) in [5.74, 6) is -0.292. The van der Waals surface area contributed by atoms with Crippen LogP contribution in [-0.4, -0.2) is 36.4 Å². The van der Waals surface area contributed by atoms with Crippen LogP contribution in [0, 0.1) is 0 Å². The van der Waals surface area contributed by atoms with Gasteiger partial charge in [-0.1, -0.05) is 48.5 Å². The molecule has 7 heteroatoms. The van der Waals surface area contributed by atoms with Crippen LogP contribution in [0.25, 0.3) is 0 Å². The van der Waals surface area contributed by atoms with E-state index in [4.69, 9.17) is 19.9 Å². The van der Waals surface area contributed by atoms with Crippen molar-refractivity contribution >= 4 is 12.0 Å². The number of carbonyl (C=O) groups is 2. The molecule has 0 heterocycles. The van der Waals surface area contributed by atoms with E-state index in [1.807, 2.05) is 30.3 Å².